The smallest absolute Gasteiger partial charge is 0.875 e. The van der Waals surface area contributed by atoms with E-state index in [0.717, 1.165) is 40.6 Å². The molecule has 0 atom stereocenters. The van der Waals surface area contributed by atoms with Gasteiger partial charge >= 0.3 is 51.4 Å². The third-order valence-electron chi connectivity index (χ3n) is 3.85. The van der Waals surface area contributed by atoms with E-state index in [-0.39, 0.29) is 57.1 Å². The van der Waals surface area contributed by atoms with E-state index in [1.54, 1.807) is 13.1 Å². The minimum absolute atomic E-state index is 0. The summed E-state index contributed by atoms with van der Waals surface area (Å²) in [5, 5.41) is 13.6. The van der Waals surface area contributed by atoms with Crippen molar-refractivity contribution in [2.75, 3.05) is 11.4 Å². The van der Waals surface area contributed by atoms with Crippen LogP contribution in [0.4, 0.5) is 5.69 Å². The first kappa shape index (κ1) is 15.1. The molecular weight excluding hydrogens is 289 g/mol. The van der Waals surface area contributed by atoms with E-state index >= 15 is 0 Å². The molecule has 0 N–H and O–H groups in total. The van der Waals surface area contributed by atoms with Crippen LogP contribution in [0.3, 0.4) is 0 Å². The molecule has 21 heavy (non-hydrogen) atoms. The molecule has 0 amide bonds. The molecule has 0 spiro atoms. The third-order valence-corrected chi connectivity index (χ3v) is 3.85. The van der Waals surface area contributed by atoms with Gasteiger partial charge in [0.05, 0.1) is 5.69 Å². The fourth-order valence-corrected chi connectivity index (χ4v) is 3.03. The van der Waals surface area contributed by atoms with Crippen molar-refractivity contribution in [3.63, 3.8) is 0 Å². The molecule has 1 aliphatic heterocycles. The summed E-state index contributed by atoms with van der Waals surface area (Å²) in [4.78, 5) is 2.02. The number of rotatable bonds is 1. The molecule has 0 saturated heterocycles. The number of benzene rings is 2. The normalized spacial score (nSPS) is 14.5. The SMILES string of the molecule is C/C([O-])=C/N1CCc2ccc3c(oc4ccccc43)c21.[K+]. The summed E-state index contributed by atoms with van der Waals surface area (Å²) in [5.74, 6) is 0.0611. The maximum absolute atomic E-state index is 11.4. The Hall–Kier alpha value is -0.784. The first-order valence-electron chi connectivity index (χ1n) is 6.79. The van der Waals surface area contributed by atoms with Gasteiger partial charge in [0.2, 0.25) is 0 Å². The summed E-state index contributed by atoms with van der Waals surface area (Å²) in [5.41, 5.74) is 4.08. The minimum atomic E-state index is 0. The number of para-hydroxylation sites is 1. The molecule has 4 heteroatoms. The van der Waals surface area contributed by atoms with E-state index in [9.17, 15) is 5.11 Å². The van der Waals surface area contributed by atoms with Crippen LogP contribution in [0.2, 0.25) is 0 Å². The fraction of sp³-hybridized carbons (Fsp3) is 0.176. The Balaban J connectivity index is 0.00000132. The van der Waals surface area contributed by atoms with Crippen molar-refractivity contribution < 1.29 is 60.9 Å². The van der Waals surface area contributed by atoms with Crippen molar-refractivity contribution in [2.24, 2.45) is 0 Å². The van der Waals surface area contributed by atoms with Gasteiger partial charge in [-0.15, -0.1) is 5.76 Å². The second-order valence-electron chi connectivity index (χ2n) is 5.23. The predicted molar refractivity (Wildman–Crippen MR) is 78.5 cm³/mol. The van der Waals surface area contributed by atoms with Gasteiger partial charge in [-0.3, -0.25) is 0 Å². The summed E-state index contributed by atoms with van der Waals surface area (Å²) in [6, 6.07) is 12.3. The van der Waals surface area contributed by atoms with Crippen molar-refractivity contribution in [1.29, 1.82) is 0 Å². The standard InChI is InChI=1S/C17H15NO2.K/c1-11(19)10-18-9-8-12-6-7-14-13-4-2-3-5-15(13)20-17(14)16(12)18;/h2-7,10,19H,8-9H2,1H3;/q;+1/p-1/b11-10-;. The molecule has 0 saturated carbocycles. The van der Waals surface area contributed by atoms with Crippen LogP contribution in [0.25, 0.3) is 21.9 Å². The van der Waals surface area contributed by atoms with Crippen molar-refractivity contribution in [1.82, 2.24) is 0 Å². The number of nitrogens with zero attached hydrogens (tertiary/aromatic N) is 1. The van der Waals surface area contributed by atoms with E-state index in [1.807, 2.05) is 23.1 Å². The largest absolute Gasteiger partial charge is 1.00 e. The molecule has 0 unspecified atom stereocenters. The molecule has 4 rings (SSSR count). The molecular formula is C17H14KNO2. The van der Waals surface area contributed by atoms with Gasteiger partial charge in [0.25, 0.3) is 0 Å². The Bertz CT molecular complexity index is 846. The van der Waals surface area contributed by atoms with E-state index in [0.29, 0.717) is 0 Å². The zero-order valence-corrected chi connectivity index (χ0v) is 15.3. The Labute approximate surface area is 165 Å². The zero-order valence-electron chi connectivity index (χ0n) is 12.2. The zero-order chi connectivity index (χ0) is 13.7. The van der Waals surface area contributed by atoms with E-state index < -0.39 is 0 Å². The van der Waals surface area contributed by atoms with Gasteiger partial charge in [0.15, 0.2) is 5.58 Å². The average molecular weight is 303 g/mol. The molecule has 100 valence electrons. The van der Waals surface area contributed by atoms with Crippen LogP contribution in [0.5, 0.6) is 0 Å². The number of hydrogen-bond donors (Lipinski definition) is 0. The van der Waals surface area contributed by atoms with Crippen LogP contribution in [0.15, 0.2) is 52.8 Å². The minimum Gasteiger partial charge on any atom is -0.875 e. The number of anilines is 1. The van der Waals surface area contributed by atoms with Gasteiger partial charge in [-0.05, 0) is 24.3 Å². The maximum atomic E-state index is 11.4. The van der Waals surface area contributed by atoms with Crippen LogP contribution in [-0.4, -0.2) is 6.54 Å². The molecule has 0 radical (unpaired) electrons. The molecule has 0 bridgehead atoms. The fourth-order valence-electron chi connectivity index (χ4n) is 3.03. The van der Waals surface area contributed by atoms with Gasteiger partial charge in [0, 0.05) is 17.3 Å². The summed E-state index contributed by atoms with van der Waals surface area (Å²) in [6.45, 7) is 2.42. The Morgan fingerprint density at radius 2 is 2.00 bits per heavy atom. The van der Waals surface area contributed by atoms with Crippen LogP contribution in [0, 0.1) is 0 Å². The molecule has 1 aromatic heterocycles. The molecule has 1 aliphatic rings. The number of hydrogen-bond acceptors (Lipinski definition) is 3. The van der Waals surface area contributed by atoms with Gasteiger partial charge in [-0.1, -0.05) is 37.3 Å². The summed E-state index contributed by atoms with van der Waals surface area (Å²) >= 11 is 0. The Morgan fingerprint density at radius 3 is 2.81 bits per heavy atom. The maximum Gasteiger partial charge on any atom is 1.00 e. The molecule has 0 aliphatic carbocycles. The molecule has 2 heterocycles. The Kier molecular flexibility index (Phi) is 4.16. The van der Waals surface area contributed by atoms with Gasteiger partial charge < -0.3 is 14.4 Å². The van der Waals surface area contributed by atoms with Crippen LogP contribution in [-0.2, 0) is 6.42 Å². The Morgan fingerprint density at radius 1 is 1.19 bits per heavy atom. The van der Waals surface area contributed by atoms with Gasteiger partial charge in [-0.25, -0.2) is 0 Å². The summed E-state index contributed by atoms with van der Waals surface area (Å²) in [6.07, 6.45) is 2.62. The topological polar surface area (TPSA) is 39.4 Å². The van der Waals surface area contributed by atoms with Crippen molar-refractivity contribution in [3.05, 3.63) is 53.9 Å². The second kappa shape index (κ2) is 5.78. The van der Waals surface area contributed by atoms with Gasteiger partial charge in [-0.2, -0.15) is 0 Å². The van der Waals surface area contributed by atoms with Gasteiger partial charge in [0.1, 0.15) is 5.58 Å². The van der Waals surface area contributed by atoms with Crippen molar-refractivity contribution in [2.45, 2.75) is 13.3 Å². The number of furan rings is 1. The summed E-state index contributed by atoms with van der Waals surface area (Å²) in [7, 11) is 0. The third kappa shape index (κ3) is 2.45. The average Bonchev–Trinajstić information content (AvgIpc) is 2.99. The molecule has 3 nitrogen and oxygen atoms in total. The number of allylic oxidation sites excluding steroid dienone is 1. The monoisotopic (exact) mass is 303 g/mol. The van der Waals surface area contributed by atoms with E-state index in [4.69, 9.17) is 4.42 Å². The van der Waals surface area contributed by atoms with E-state index in [2.05, 4.69) is 18.2 Å². The van der Waals surface area contributed by atoms with Crippen LogP contribution < -0.4 is 61.4 Å². The van der Waals surface area contributed by atoms with Crippen molar-refractivity contribution in [3.8, 4) is 0 Å². The van der Waals surface area contributed by atoms with Crippen LogP contribution in [0.1, 0.15) is 12.5 Å². The van der Waals surface area contributed by atoms with Crippen molar-refractivity contribution >= 4 is 27.6 Å². The molecule has 2 aromatic carbocycles. The summed E-state index contributed by atoms with van der Waals surface area (Å²) < 4.78 is 6.03. The predicted octanol–water partition coefficient (Wildman–Crippen LogP) is 0.174. The molecule has 3 aromatic rings. The first-order chi connectivity index (χ1) is 9.74. The first-order valence-corrected chi connectivity index (χ1v) is 6.79. The number of fused-ring (bicyclic) bond motifs is 5. The second-order valence-corrected chi connectivity index (χ2v) is 5.23. The molecule has 0 fully saturated rings. The van der Waals surface area contributed by atoms with E-state index in [1.165, 1.54) is 5.56 Å². The quantitative estimate of drug-likeness (QED) is 0.475. The van der Waals surface area contributed by atoms with Crippen LogP contribution >= 0.6 is 0 Å².